The number of ether oxygens (including phenoxy) is 2. The highest BCUT2D eigenvalue weighted by molar-refractivity contribution is 6.31. The summed E-state index contributed by atoms with van der Waals surface area (Å²) < 4.78 is 74.3. The van der Waals surface area contributed by atoms with Crippen LogP contribution in [0.3, 0.4) is 0 Å². The molecule has 1 heterocycles. The van der Waals surface area contributed by atoms with Crippen molar-refractivity contribution >= 4 is 64.3 Å². The Hall–Kier alpha value is -7.57. The van der Waals surface area contributed by atoms with Crippen LogP contribution in [0.15, 0.2) is 140 Å². The SMILES string of the molecule is CC(C(=O)O)N(C(=O)c1ccccc1)c1ccc(F)c(Cl)c1.CC(Oc1ccc(Oc2ccc(C(F)(F)F)cn2)cc1)C(=O)O.C[C@@H](C(=O)O)N(C(=O)c1ccccc1)c1ccc(F)c(Cl)c1. The number of carboxylic acid groups (broad SMARTS) is 3. The van der Waals surface area contributed by atoms with E-state index in [4.69, 9.17) is 37.8 Å². The Labute approximate surface area is 389 Å². The van der Waals surface area contributed by atoms with Gasteiger partial charge in [0.05, 0.1) is 15.6 Å². The lowest BCUT2D eigenvalue weighted by molar-refractivity contribution is -0.144. The van der Waals surface area contributed by atoms with Gasteiger partial charge in [0, 0.05) is 34.8 Å². The molecule has 0 spiro atoms. The van der Waals surface area contributed by atoms with Crippen LogP contribution >= 0.6 is 23.2 Å². The van der Waals surface area contributed by atoms with E-state index in [0.717, 1.165) is 34.1 Å². The number of alkyl halides is 3. The Balaban J connectivity index is 0.000000219. The van der Waals surface area contributed by atoms with Gasteiger partial charge in [-0.25, -0.2) is 28.1 Å². The quantitative estimate of drug-likeness (QED) is 0.0936. The van der Waals surface area contributed by atoms with Crippen molar-refractivity contribution in [3.05, 3.63) is 178 Å². The van der Waals surface area contributed by atoms with Gasteiger partial charge in [0.2, 0.25) is 5.88 Å². The van der Waals surface area contributed by atoms with Gasteiger partial charge in [-0.1, -0.05) is 59.6 Å². The van der Waals surface area contributed by atoms with Crippen molar-refractivity contribution in [3.63, 3.8) is 0 Å². The maximum Gasteiger partial charge on any atom is 0.417 e. The molecule has 350 valence electrons. The van der Waals surface area contributed by atoms with Crippen molar-refractivity contribution in [1.29, 1.82) is 0 Å². The van der Waals surface area contributed by atoms with E-state index in [9.17, 15) is 56.1 Å². The summed E-state index contributed by atoms with van der Waals surface area (Å²) in [5.74, 6) is -5.07. The number of amides is 2. The van der Waals surface area contributed by atoms with Crippen LogP contribution in [0.1, 0.15) is 47.1 Å². The van der Waals surface area contributed by atoms with Crippen LogP contribution in [-0.4, -0.2) is 68.2 Å². The number of benzene rings is 5. The summed E-state index contributed by atoms with van der Waals surface area (Å²) in [6.45, 7) is 4.14. The number of aliphatic carboxylic acids is 3. The molecule has 3 atom stereocenters. The molecule has 13 nitrogen and oxygen atoms in total. The van der Waals surface area contributed by atoms with E-state index in [1.165, 1.54) is 69.3 Å². The summed E-state index contributed by atoms with van der Waals surface area (Å²) >= 11 is 11.5. The Morgan fingerprint density at radius 2 is 1.00 bits per heavy atom. The smallest absolute Gasteiger partial charge is 0.417 e. The van der Waals surface area contributed by atoms with Gasteiger partial charge in [-0.15, -0.1) is 0 Å². The van der Waals surface area contributed by atoms with Crippen LogP contribution in [0.2, 0.25) is 10.0 Å². The van der Waals surface area contributed by atoms with Crippen molar-refractivity contribution in [2.24, 2.45) is 0 Å². The van der Waals surface area contributed by atoms with E-state index in [-0.39, 0.29) is 27.3 Å². The molecule has 0 aliphatic heterocycles. The minimum atomic E-state index is -4.45. The van der Waals surface area contributed by atoms with Crippen LogP contribution in [0.25, 0.3) is 0 Å². The number of aromatic nitrogens is 1. The molecule has 0 aliphatic carbocycles. The number of halogens is 7. The van der Waals surface area contributed by atoms with Gasteiger partial charge in [0.1, 0.15) is 35.2 Å². The number of rotatable bonds is 13. The normalized spacial score (nSPS) is 12.0. The molecule has 6 aromatic rings. The highest BCUT2D eigenvalue weighted by Crippen LogP contribution is 2.31. The van der Waals surface area contributed by atoms with E-state index in [0.29, 0.717) is 28.8 Å². The second-order valence-electron chi connectivity index (χ2n) is 13.9. The molecule has 0 aliphatic rings. The van der Waals surface area contributed by atoms with Crippen LogP contribution in [0.5, 0.6) is 17.4 Å². The lowest BCUT2D eigenvalue weighted by Gasteiger charge is -2.27. The van der Waals surface area contributed by atoms with Crippen LogP contribution < -0.4 is 19.3 Å². The molecular formula is C47H38Cl2F5N3O10. The molecule has 0 radical (unpaired) electrons. The third kappa shape index (κ3) is 14.7. The lowest BCUT2D eigenvalue weighted by Crippen LogP contribution is -2.43. The first-order chi connectivity index (χ1) is 31.6. The number of carboxylic acids is 3. The molecule has 0 bridgehead atoms. The first kappa shape index (κ1) is 52.1. The minimum Gasteiger partial charge on any atom is -0.480 e. The molecule has 0 saturated heterocycles. The second kappa shape index (κ2) is 23.6. The fraction of sp³-hybridized carbons (Fsp3) is 0.149. The number of hydrogen-bond acceptors (Lipinski definition) is 8. The van der Waals surface area contributed by atoms with E-state index in [1.807, 2.05) is 0 Å². The first-order valence-corrected chi connectivity index (χ1v) is 20.2. The monoisotopic (exact) mass is 969 g/mol. The number of carbonyl (C=O) groups excluding carboxylic acids is 2. The standard InChI is InChI=1S/2C16H13ClFNO3.C15H12F3NO4/c2*1-10(16(21)22)19(12-7-8-14(18)13(17)9-12)15(20)11-5-3-2-4-6-11;1-9(14(20)21)22-11-3-5-12(6-4-11)23-13-7-2-10(8-19-13)15(16,17)18/h2*2-10H,1H3,(H,21,22);2-9H,1H3,(H,20,21)/t10-;;/m0../s1. The van der Waals surface area contributed by atoms with Crippen LogP contribution in [0, 0.1) is 11.6 Å². The van der Waals surface area contributed by atoms with Gasteiger partial charge in [0.25, 0.3) is 11.8 Å². The molecule has 20 heteroatoms. The van der Waals surface area contributed by atoms with E-state index in [1.54, 1.807) is 60.7 Å². The average Bonchev–Trinajstić information content (AvgIpc) is 3.30. The Morgan fingerprint density at radius 3 is 1.34 bits per heavy atom. The van der Waals surface area contributed by atoms with E-state index in [2.05, 4.69) is 4.98 Å². The van der Waals surface area contributed by atoms with Crippen molar-refractivity contribution in [3.8, 4) is 17.4 Å². The van der Waals surface area contributed by atoms with Gasteiger partial charge in [-0.2, -0.15) is 13.2 Å². The fourth-order valence-electron chi connectivity index (χ4n) is 5.53. The second-order valence-corrected chi connectivity index (χ2v) is 14.7. The van der Waals surface area contributed by atoms with Crippen molar-refractivity contribution in [2.75, 3.05) is 9.80 Å². The average molecular weight is 971 g/mol. The summed E-state index contributed by atoms with van der Waals surface area (Å²) in [7, 11) is 0. The molecular weight excluding hydrogens is 932 g/mol. The summed E-state index contributed by atoms with van der Waals surface area (Å²) in [4.78, 5) is 64.2. The molecule has 2 unspecified atom stereocenters. The van der Waals surface area contributed by atoms with Gasteiger partial charge >= 0.3 is 24.1 Å². The highest BCUT2D eigenvalue weighted by Gasteiger charge is 2.32. The number of carbonyl (C=O) groups is 5. The summed E-state index contributed by atoms with van der Waals surface area (Å²) in [5.41, 5.74) is 0.230. The molecule has 0 fully saturated rings. The van der Waals surface area contributed by atoms with E-state index < -0.39 is 71.3 Å². The van der Waals surface area contributed by atoms with E-state index >= 15 is 0 Å². The molecule has 67 heavy (non-hydrogen) atoms. The maximum atomic E-state index is 13.3. The predicted octanol–water partition coefficient (Wildman–Crippen LogP) is 10.9. The summed E-state index contributed by atoms with van der Waals surface area (Å²) in [6, 6.07) is 29.5. The highest BCUT2D eigenvalue weighted by atomic mass is 35.5. The van der Waals surface area contributed by atoms with Crippen molar-refractivity contribution in [2.45, 2.75) is 45.1 Å². The van der Waals surface area contributed by atoms with Crippen LogP contribution in [0.4, 0.5) is 33.3 Å². The zero-order valence-corrected chi connectivity index (χ0v) is 36.7. The molecule has 6 rings (SSSR count). The maximum absolute atomic E-state index is 13.3. The Kier molecular flexibility index (Phi) is 18.3. The van der Waals surface area contributed by atoms with Crippen molar-refractivity contribution in [1.82, 2.24) is 4.98 Å². The van der Waals surface area contributed by atoms with Gasteiger partial charge < -0.3 is 24.8 Å². The molecule has 0 saturated carbocycles. The van der Waals surface area contributed by atoms with Crippen molar-refractivity contribution < 1.29 is 70.7 Å². The fourth-order valence-corrected chi connectivity index (χ4v) is 5.88. The van der Waals surface area contributed by atoms with Gasteiger partial charge in [0.15, 0.2) is 6.10 Å². The zero-order chi connectivity index (χ0) is 49.6. The molecule has 5 aromatic carbocycles. The first-order valence-electron chi connectivity index (χ1n) is 19.4. The van der Waals surface area contributed by atoms with Gasteiger partial charge in [-0.3, -0.25) is 19.4 Å². The number of anilines is 2. The zero-order valence-electron chi connectivity index (χ0n) is 35.2. The molecule has 1 aromatic heterocycles. The lowest BCUT2D eigenvalue weighted by atomic mass is 10.1. The Bertz CT molecular complexity index is 2540. The number of pyridine rings is 1. The minimum absolute atomic E-state index is 0.00516. The summed E-state index contributed by atoms with van der Waals surface area (Å²) in [5, 5.41) is 26.8. The number of hydrogen-bond donors (Lipinski definition) is 3. The third-order valence-corrected chi connectivity index (χ3v) is 9.68. The van der Waals surface area contributed by atoms with Crippen LogP contribution in [-0.2, 0) is 20.6 Å². The molecule has 2 amide bonds. The predicted molar refractivity (Wildman–Crippen MR) is 237 cm³/mol. The number of nitrogens with zero attached hydrogens (tertiary/aromatic N) is 3. The third-order valence-electron chi connectivity index (χ3n) is 9.10. The topological polar surface area (TPSA) is 184 Å². The van der Waals surface area contributed by atoms with Gasteiger partial charge in [-0.05, 0) is 112 Å². The molecule has 3 N–H and O–H groups in total. The summed E-state index contributed by atoms with van der Waals surface area (Å²) in [6.07, 6.45) is -4.77. The Morgan fingerprint density at radius 1 is 0.582 bits per heavy atom. The largest absolute Gasteiger partial charge is 0.480 e.